The molecule has 2 fully saturated rings. The van der Waals surface area contributed by atoms with E-state index in [4.69, 9.17) is 15.9 Å². The number of nitrogens with one attached hydrogen (secondary N) is 3. The molecule has 204 valence electrons. The Labute approximate surface area is 236 Å². The van der Waals surface area contributed by atoms with Crippen LogP contribution in [0.5, 0.6) is 11.5 Å². The van der Waals surface area contributed by atoms with Crippen molar-refractivity contribution >= 4 is 47.3 Å². The monoisotopic (exact) mass is 567 g/mol. The number of nitrogen functional groups attached to an aromatic ring is 1. The predicted octanol–water partition coefficient (Wildman–Crippen LogP) is 3.82. The molecule has 2 aromatic carbocycles. The van der Waals surface area contributed by atoms with Gasteiger partial charge in [0.15, 0.2) is 0 Å². The van der Waals surface area contributed by atoms with Gasteiger partial charge in [-0.1, -0.05) is 18.2 Å². The number of halogens is 1. The molecule has 0 saturated carbocycles. The number of amides is 3. The molecule has 9 nitrogen and oxygen atoms in total. The Morgan fingerprint density at radius 2 is 1.67 bits per heavy atom. The number of para-hydroxylation sites is 1. The molecule has 0 aliphatic carbocycles. The van der Waals surface area contributed by atoms with Gasteiger partial charge < -0.3 is 26.0 Å². The molecule has 2 bridgehead atoms. The van der Waals surface area contributed by atoms with E-state index >= 15 is 0 Å². The molecule has 2 aliphatic heterocycles. The smallest absolute Gasteiger partial charge is 0.251 e. The summed E-state index contributed by atoms with van der Waals surface area (Å²) >= 11 is 1.43. The third-order valence-corrected chi connectivity index (χ3v) is 8.12. The van der Waals surface area contributed by atoms with Gasteiger partial charge in [-0.3, -0.25) is 19.8 Å². The average molecular weight is 568 g/mol. The van der Waals surface area contributed by atoms with E-state index in [2.05, 4.69) is 10.6 Å². The van der Waals surface area contributed by atoms with Gasteiger partial charge in [0, 0.05) is 27.4 Å². The van der Waals surface area contributed by atoms with Gasteiger partial charge in [-0.05, 0) is 68.1 Å². The highest BCUT2D eigenvalue weighted by molar-refractivity contribution is 7.10. The maximum Gasteiger partial charge on any atom is 0.251 e. The highest BCUT2D eigenvalue weighted by Crippen LogP contribution is 2.46. The topological polar surface area (TPSA) is 138 Å². The van der Waals surface area contributed by atoms with E-state index in [0.29, 0.717) is 42.0 Å². The molecule has 2 saturated heterocycles. The molecule has 0 unspecified atom stereocenters. The molecule has 0 atom stereocenters. The number of ether oxygens (including phenoxy) is 1. The number of carbonyl (C=O) groups is 3. The van der Waals surface area contributed by atoms with Crippen molar-refractivity contribution in [3.8, 4) is 11.5 Å². The maximum atomic E-state index is 13.3. The summed E-state index contributed by atoms with van der Waals surface area (Å²) in [4.78, 5) is 41.8. The number of fused-ring (bicyclic) bond motifs is 2. The van der Waals surface area contributed by atoms with Crippen LogP contribution < -0.4 is 21.1 Å². The first kappa shape index (κ1) is 28.1. The molecule has 5 rings (SSSR count). The van der Waals surface area contributed by atoms with E-state index in [1.54, 1.807) is 40.6 Å². The summed E-state index contributed by atoms with van der Waals surface area (Å²) in [6.07, 6.45) is 2.75. The lowest BCUT2D eigenvalue weighted by molar-refractivity contribution is -0.143. The van der Waals surface area contributed by atoms with E-state index in [-0.39, 0.29) is 48.6 Å². The van der Waals surface area contributed by atoms with Crippen molar-refractivity contribution in [2.24, 2.45) is 5.73 Å². The van der Waals surface area contributed by atoms with Crippen molar-refractivity contribution in [1.82, 2.24) is 15.5 Å². The lowest BCUT2D eigenvalue weighted by Crippen LogP contribution is -2.57. The molecular formula is C28H30ClN5O4S. The summed E-state index contributed by atoms with van der Waals surface area (Å²) in [5.41, 5.74) is 5.68. The zero-order chi connectivity index (χ0) is 26.7. The Kier molecular flexibility index (Phi) is 8.57. The Hall–Kier alpha value is -3.89. The SMILES string of the molecule is Cl.N=C(N)c1csc(CNC(=O)C23CCC(CC2)N3C(=O)CNC(=O)c2ccc(Oc3ccccc3)cc2)c1. The van der Waals surface area contributed by atoms with Gasteiger partial charge in [-0.2, -0.15) is 0 Å². The van der Waals surface area contributed by atoms with Crippen LogP contribution in [0.2, 0.25) is 0 Å². The average Bonchev–Trinajstić information content (AvgIpc) is 3.66. The number of rotatable bonds is 9. The molecule has 5 N–H and O–H groups in total. The number of benzene rings is 2. The molecule has 1 aromatic heterocycles. The standard InChI is InChI=1S/C28H29N5O4S.ClH/c29-25(30)19-14-23(38-17-19)15-32-27(36)28-12-10-20(11-13-28)33(28)24(34)16-31-26(35)18-6-8-22(9-7-18)37-21-4-2-1-3-5-21;/h1-9,14,17,20H,10-13,15-16H2,(H3,29,30)(H,31,35)(H,32,36);1H. The second-order valence-electron chi connectivity index (χ2n) is 9.55. The Morgan fingerprint density at radius 1 is 1.00 bits per heavy atom. The number of carbonyl (C=O) groups excluding carboxylic acids is 3. The Bertz CT molecular complexity index is 1350. The predicted molar refractivity (Wildman–Crippen MR) is 152 cm³/mol. The van der Waals surface area contributed by atoms with Crippen molar-refractivity contribution < 1.29 is 19.1 Å². The number of nitrogens with two attached hydrogens (primary N) is 1. The summed E-state index contributed by atoms with van der Waals surface area (Å²) in [7, 11) is 0. The number of amidine groups is 1. The zero-order valence-electron chi connectivity index (χ0n) is 21.1. The molecule has 11 heteroatoms. The number of nitrogens with zero attached hydrogens (tertiary/aromatic N) is 1. The normalized spacial score (nSPS) is 19.2. The summed E-state index contributed by atoms with van der Waals surface area (Å²) in [6.45, 7) is 0.130. The van der Waals surface area contributed by atoms with E-state index in [1.165, 1.54) is 11.3 Å². The third-order valence-electron chi connectivity index (χ3n) is 7.18. The van der Waals surface area contributed by atoms with Crippen LogP contribution in [-0.2, 0) is 16.1 Å². The molecule has 0 radical (unpaired) electrons. The first-order chi connectivity index (χ1) is 18.4. The van der Waals surface area contributed by atoms with Gasteiger partial charge in [0.1, 0.15) is 22.9 Å². The quantitative estimate of drug-likeness (QED) is 0.230. The fourth-order valence-corrected chi connectivity index (χ4v) is 6.12. The summed E-state index contributed by atoms with van der Waals surface area (Å²) in [6, 6.07) is 17.8. The van der Waals surface area contributed by atoms with Gasteiger partial charge >= 0.3 is 0 Å². The lowest BCUT2D eigenvalue weighted by atomic mass is 9.87. The molecule has 3 aromatic rings. The Morgan fingerprint density at radius 3 is 2.31 bits per heavy atom. The molecule has 3 amide bonds. The Balaban J connectivity index is 0.00000353. The fraction of sp³-hybridized carbons (Fsp3) is 0.286. The largest absolute Gasteiger partial charge is 0.457 e. The van der Waals surface area contributed by atoms with Gasteiger partial charge in [0.2, 0.25) is 11.8 Å². The molecular weight excluding hydrogens is 538 g/mol. The zero-order valence-corrected chi connectivity index (χ0v) is 22.8. The maximum absolute atomic E-state index is 13.3. The minimum atomic E-state index is -0.885. The van der Waals surface area contributed by atoms with Crippen LogP contribution in [0.4, 0.5) is 0 Å². The minimum Gasteiger partial charge on any atom is -0.457 e. The number of hydrogen-bond acceptors (Lipinski definition) is 6. The minimum absolute atomic E-state index is 0. The van der Waals surface area contributed by atoms with E-state index < -0.39 is 5.54 Å². The van der Waals surface area contributed by atoms with Crippen LogP contribution >= 0.6 is 23.7 Å². The third kappa shape index (κ3) is 5.91. The van der Waals surface area contributed by atoms with Crippen molar-refractivity contribution in [3.63, 3.8) is 0 Å². The summed E-state index contributed by atoms with van der Waals surface area (Å²) in [5, 5.41) is 15.0. The number of hydrogen-bond donors (Lipinski definition) is 4. The van der Waals surface area contributed by atoms with Crippen LogP contribution in [0.1, 0.15) is 46.5 Å². The first-order valence-electron chi connectivity index (χ1n) is 12.5. The van der Waals surface area contributed by atoms with Crippen molar-refractivity contribution in [2.75, 3.05) is 6.54 Å². The van der Waals surface area contributed by atoms with Crippen LogP contribution in [-0.4, -0.2) is 46.6 Å². The molecule has 3 heterocycles. The van der Waals surface area contributed by atoms with E-state index in [0.717, 1.165) is 17.7 Å². The molecule has 39 heavy (non-hydrogen) atoms. The second-order valence-corrected chi connectivity index (χ2v) is 10.5. The first-order valence-corrected chi connectivity index (χ1v) is 13.4. The van der Waals surface area contributed by atoms with Crippen molar-refractivity contribution in [1.29, 1.82) is 5.41 Å². The van der Waals surface area contributed by atoms with Gasteiger partial charge in [0.05, 0.1) is 13.1 Å². The van der Waals surface area contributed by atoms with Crippen LogP contribution in [0.3, 0.4) is 0 Å². The molecule has 0 spiro atoms. The summed E-state index contributed by atoms with van der Waals surface area (Å²) < 4.78 is 5.76. The lowest BCUT2D eigenvalue weighted by Gasteiger charge is -2.33. The number of thiophene rings is 1. The van der Waals surface area contributed by atoms with Gasteiger partial charge in [-0.15, -0.1) is 23.7 Å². The van der Waals surface area contributed by atoms with Crippen LogP contribution in [0.15, 0.2) is 66.0 Å². The van der Waals surface area contributed by atoms with Gasteiger partial charge in [0.25, 0.3) is 5.91 Å². The van der Waals surface area contributed by atoms with Crippen molar-refractivity contribution in [3.05, 3.63) is 82.0 Å². The highest BCUT2D eigenvalue weighted by atomic mass is 35.5. The van der Waals surface area contributed by atoms with Crippen molar-refractivity contribution in [2.45, 2.75) is 43.8 Å². The van der Waals surface area contributed by atoms with E-state index in [9.17, 15) is 14.4 Å². The second kappa shape index (κ2) is 11.9. The van der Waals surface area contributed by atoms with Crippen LogP contribution in [0.25, 0.3) is 0 Å². The van der Waals surface area contributed by atoms with E-state index in [1.807, 2.05) is 30.3 Å². The van der Waals surface area contributed by atoms with Gasteiger partial charge in [-0.25, -0.2) is 0 Å². The highest BCUT2D eigenvalue weighted by Gasteiger charge is 2.58. The fourth-order valence-electron chi connectivity index (χ4n) is 5.30. The molecule has 2 aliphatic rings. The van der Waals surface area contributed by atoms with Crippen LogP contribution in [0, 0.1) is 5.41 Å². The summed E-state index contributed by atoms with van der Waals surface area (Å²) in [5.74, 6) is 0.488.